The Bertz CT molecular complexity index is 365. The molecule has 0 spiro atoms. The minimum atomic E-state index is -0.395. The fourth-order valence-corrected chi connectivity index (χ4v) is 1.01. The first kappa shape index (κ1) is 10.6. The van der Waals surface area contributed by atoms with E-state index in [1.54, 1.807) is 25.1 Å². The lowest BCUT2D eigenvalue weighted by atomic mass is 10.2. The van der Waals surface area contributed by atoms with E-state index < -0.39 is 5.82 Å². The van der Waals surface area contributed by atoms with Gasteiger partial charge in [0.1, 0.15) is 6.61 Å². The van der Waals surface area contributed by atoms with Crippen molar-refractivity contribution in [1.82, 2.24) is 0 Å². The van der Waals surface area contributed by atoms with Gasteiger partial charge in [0, 0.05) is 12.1 Å². The molecule has 2 N–H and O–H groups in total. The molecule has 0 fully saturated rings. The number of hydrogen-bond acceptors (Lipinski definition) is 2. The van der Waals surface area contributed by atoms with Crippen molar-refractivity contribution in [3.63, 3.8) is 0 Å². The Labute approximate surface area is 82.9 Å². The van der Waals surface area contributed by atoms with E-state index in [4.69, 9.17) is 10.5 Å². The van der Waals surface area contributed by atoms with Gasteiger partial charge >= 0.3 is 0 Å². The van der Waals surface area contributed by atoms with Gasteiger partial charge in [-0.1, -0.05) is 18.1 Å². The molecule has 1 aromatic rings. The minimum Gasteiger partial charge on any atom is -0.478 e. The normalized spacial score (nSPS) is 9.07. The Kier molecular flexibility index (Phi) is 3.96. The molecule has 14 heavy (non-hydrogen) atoms. The molecule has 0 aliphatic rings. The summed E-state index contributed by atoms with van der Waals surface area (Å²) < 4.78 is 18.6. The molecule has 0 saturated heterocycles. The summed E-state index contributed by atoms with van der Waals surface area (Å²) in [5, 5.41) is 0. The van der Waals surface area contributed by atoms with Crippen molar-refractivity contribution in [2.45, 2.75) is 13.5 Å². The van der Waals surface area contributed by atoms with Gasteiger partial charge in [0.15, 0.2) is 11.6 Å². The van der Waals surface area contributed by atoms with Gasteiger partial charge in [0.25, 0.3) is 0 Å². The average Bonchev–Trinajstić information content (AvgIpc) is 2.21. The van der Waals surface area contributed by atoms with Crippen LogP contribution in [0, 0.1) is 17.7 Å². The predicted octanol–water partition coefficient (Wildman–Crippen LogP) is 1.69. The molecule has 0 unspecified atom stereocenters. The second kappa shape index (κ2) is 5.25. The quantitative estimate of drug-likeness (QED) is 0.741. The lowest BCUT2D eigenvalue weighted by molar-refractivity contribution is 0.346. The highest BCUT2D eigenvalue weighted by atomic mass is 19.1. The summed E-state index contributed by atoms with van der Waals surface area (Å²) in [6, 6.07) is 4.90. The molecule has 0 radical (unpaired) electrons. The molecule has 0 atom stereocenters. The zero-order chi connectivity index (χ0) is 10.4. The van der Waals surface area contributed by atoms with E-state index in [1.165, 1.54) is 0 Å². The minimum absolute atomic E-state index is 0.169. The van der Waals surface area contributed by atoms with E-state index >= 15 is 0 Å². The summed E-state index contributed by atoms with van der Waals surface area (Å²) in [6.07, 6.45) is 0. The van der Waals surface area contributed by atoms with Gasteiger partial charge in [-0.25, -0.2) is 4.39 Å². The van der Waals surface area contributed by atoms with Crippen LogP contribution in [0.15, 0.2) is 18.2 Å². The SMILES string of the molecule is CC#CCOc1cccc(CN)c1F. The molecule has 1 rings (SSSR count). The highest BCUT2D eigenvalue weighted by Crippen LogP contribution is 2.19. The predicted molar refractivity (Wildman–Crippen MR) is 53.2 cm³/mol. The van der Waals surface area contributed by atoms with Crippen LogP contribution in [0.1, 0.15) is 12.5 Å². The lowest BCUT2D eigenvalue weighted by Gasteiger charge is -2.06. The van der Waals surface area contributed by atoms with Crippen molar-refractivity contribution in [2.75, 3.05) is 6.61 Å². The standard InChI is InChI=1S/C11H12FNO/c1-2-3-7-14-10-6-4-5-9(8-13)11(10)12/h4-6H,7-8,13H2,1H3. The topological polar surface area (TPSA) is 35.2 Å². The van der Waals surface area contributed by atoms with E-state index in [-0.39, 0.29) is 18.9 Å². The van der Waals surface area contributed by atoms with Crippen LogP contribution in [-0.4, -0.2) is 6.61 Å². The maximum Gasteiger partial charge on any atom is 0.169 e. The smallest absolute Gasteiger partial charge is 0.169 e. The number of rotatable bonds is 3. The fourth-order valence-electron chi connectivity index (χ4n) is 1.01. The van der Waals surface area contributed by atoms with Crippen LogP contribution in [0.4, 0.5) is 4.39 Å². The van der Waals surface area contributed by atoms with Gasteiger partial charge in [0.2, 0.25) is 0 Å². The van der Waals surface area contributed by atoms with Crippen LogP contribution in [0.25, 0.3) is 0 Å². The maximum absolute atomic E-state index is 13.4. The first-order valence-corrected chi connectivity index (χ1v) is 4.29. The first-order chi connectivity index (χ1) is 6.79. The number of ether oxygens (including phenoxy) is 1. The van der Waals surface area contributed by atoms with Crippen molar-refractivity contribution in [2.24, 2.45) is 5.73 Å². The zero-order valence-corrected chi connectivity index (χ0v) is 8.01. The van der Waals surface area contributed by atoms with E-state index in [1.807, 2.05) is 0 Å². The lowest BCUT2D eigenvalue weighted by Crippen LogP contribution is -2.03. The van der Waals surface area contributed by atoms with Crippen LogP contribution in [0.5, 0.6) is 5.75 Å². The van der Waals surface area contributed by atoms with Gasteiger partial charge in [-0.2, -0.15) is 0 Å². The summed E-state index contributed by atoms with van der Waals surface area (Å²) in [7, 11) is 0. The molecule has 3 heteroatoms. The summed E-state index contributed by atoms with van der Waals surface area (Å²) in [4.78, 5) is 0. The molecule has 0 bridgehead atoms. The zero-order valence-electron chi connectivity index (χ0n) is 8.01. The molecular weight excluding hydrogens is 181 g/mol. The molecule has 1 aromatic carbocycles. The Balaban J connectivity index is 2.79. The van der Waals surface area contributed by atoms with E-state index in [0.717, 1.165) is 0 Å². The average molecular weight is 193 g/mol. The third-order valence-corrected chi connectivity index (χ3v) is 1.74. The third-order valence-electron chi connectivity index (χ3n) is 1.74. The van der Waals surface area contributed by atoms with Gasteiger partial charge in [0.05, 0.1) is 0 Å². The second-order valence-electron chi connectivity index (χ2n) is 2.65. The Morgan fingerprint density at radius 1 is 1.50 bits per heavy atom. The van der Waals surface area contributed by atoms with E-state index in [9.17, 15) is 4.39 Å². The molecule has 0 saturated carbocycles. The summed E-state index contributed by atoms with van der Waals surface area (Å²) >= 11 is 0. The Hall–Kier alpha value is -1.53. The van der Waals surface area contributed by atoms with Gasteiger partial charge in [-0.05, 0) is 13.0 Å². The second-order valence-corrected chi connectivity index (χ2v) is 2.65. The summed E-state index contributed by atoms with van der Waals surface area (Å²) in [5.41, 5.74) is 5.80. The monoisotopic (exact) mass is 193 g/mol. The molecule has 0 amide bonds. The largest absolute Gasteiger partial charge is 0.478 e. The van der Waals surface area contributed by atoms with Crippen LogP contribution in [0.3, 0.4) is 0 Å². The number of nitrogens with two attached hydrogens (primary N) is 1. The number of benzene rings is 1. The number of hydrogen-bond donors (Lipinski definition) is 1. The molecular formula is C11H12FNO. The highest BCUT2D eigenvalue weighted by molar-refractivity contribution is 5.31. The molecule has 0 aromatic heterocycles. The van der Waals surface area contributed by atoms with E-state index in [0.29, 0.717) is 5.56 Å². The Morgan fingerprint density at radius 3 is 2.93 bits per heavy atom. The molecule has 0 heterocycles. The maximum atomic E-state index is 13.4. The van der Waals surface area contributed by atoms with Gasteiger partial charge in [-0.3, -0.25) is 0 Å². The first-order valence-electron chi connectivity index (χ1n) is 4.29. The van der Waals surface area contributed by atoms with Crippen molar-refractivity contribution in [1.29, 1.82) is 0 Å². The fraction of sp³-hybridized carbons (Fsp3) is 0.273. The van der Waals surface area contributed by atoms with Crippen LogP contribution < -0.4 is 10.5 Å². The van der Waals surface area contributed by atoms with Crippen molar-refractivity contribution in [3.05, 3.63) is 29.6 Å². The van der Waals surface area contributed by atoms with Crippen LogP contribution in [-0.2, 0) is 6.54 Å². The molecule has 0 aliphatic heterocycles. The number of halogens is 1. The molecule has 0 aliphatic carbocycles. The molecule has 74 valence electrons. The Morgan fingerprint density at radius 2 is 2.29 bits per heavy atom. The van der Waals surface area contributed by atoms with Crippen molar-refractivity contribution < 1.29 is 9.13 Å². The van der Waals surface area contributed by atoms with Crippen molar-refractivity contribution >= 4 is 0 Å². The highest BCUT2D eigenvalue weighted by Gasteiger charge is 2.06. The molecule has 2 nitrogen and oxygen atoms in total. The third kappa shape index (κ3) is 2.48. The van der Waals surface area contributed by atoms with Crippen LogP contribution >= 0.6 is 0 Å². The van der Waals surface area contributed by atoms with Crippen LogP contribution in [0.2, 0.25) is 0 Å². The van der Waals surface area contributed by atoms with E-state index in [2.05, 4.69) is 11.8 Å². The van der Waals surface area contributed by atoms with Gasteiger partial charge in [-0.15, -0.1) is 5.92 Å². The van der Waals surface area contributed by atoms with Crippen molar-refractivity contribution in [3.8, 4) is 17.6 Å². The summed E-state index contributed by atoms with van der Waals surface area (Å²) in [5.74, 6) is 5.16. The summed E-state index contributed by atoms with van der Waals surface area (Å²) in [6.45, 7) is 2.07. The van der Waals surface area contributed by atoms with Gasteiger partial charge < -0.3 is 10.5 Å².